The lowest BCUT2D eigenvalue weighted by atomic mass is 10.3. The molecular weight excluding hydrogens is 383 g/mol. The van der Waals surface area contributed by atoms with Gasteiger partial charge in [0.1, 0.15) is 16.7 Å². The largest absolute Gasteiger partial charge is 0.368 e. The molecule has 1 saturated heterocycles. The molecule has 9 heteroatoms. The Labute approximate surface area is 156 Å². The number of sulfonamides is 1. The summed E-state index contributed by atoms with van der Waals surface area (Å²) in [6.07, 6.45) is 1.62. The number of piperazine rings is 1. The first-order valence-electron chi connectivity index (χ1n) is 7.49. The quantitative estimate of drug-likeness (QED) is 0.796. The Morgan fingerprint density at radius 1 is 1.08 bits per heavy atom. The molecular formula is C16H14Cl2N4O2S. The average Bonchev–Trinajstić information content (AvgIpc) is 2.64. The van der Waals surface area contributed by atoms with Gasteiger partial charge in [-0.2, -0.15) is 9.57 Å². The Bertz CT molecular complexity index is 918. The summed E-state index contributed by atoms with van der Waals surface area (Å²) in [7, 11) is -3.70. The molecule has 130 valence electrons. The van der Waals surface area contributed by atoms with Crippen LogP contribution in [-0.4, -0.2) is 43.9 Å². The van der Waals surface area contributed by atoms with E-state index in [1.54, 1.807) is 24.4 Å². The van der Waals surface area contributed by atoms with Crippen LogP contribution in [0.25, 0.3) is 0 Å². The van der Waals surface area contributed by atoms with Crippen molar-refractivity contribution < 1.29 is 8.42 Å². The van der Waals surface area contributed by atoms with Crippen LogP contribution in [-0.2, 0) is 10.0 Å². The highest BCUT2D eigenvalue weighted by Gasteiger charge is 2.30. The molecule has 25 heavy (non-hydrogen) atoms. The number of aromatic nitrogens is 1. The molecule has 1 fully saturated rings. The molecule has 0 atom stereocenters. The van der Waals surface area contributed by atoms with E-state index < -0.39 is 10.0 Å². The topological polar surface area (TPSA) is 77.3 Å². The van der Waals surface area contributed by atoms with Crippen LogP contribution in [0.5, 0.6) is 0 Å². The monoisotopic (exact) mass is 396 g/mol. The lowest BCUT2D eigenvalue weighted by Crippen LogP contribution is -2.48. The maximum atomic E-state index is 12.8. The van der Waals surface area contributed by atoms with Crippen molar-refractivity contribution in [3.8, 4) is 6.07 Å². The smallest absolute Gasteiger partial charge is 0.244 e. The Morgan fingerprint density at radius 2 is 1.80 bits per heavy atom. The molecule has 2 heterocycles. The van der Waals surface area contributed by atoms with Gasteiger partial charge in [0.15, 0.2) is 0 Å². The van der Waals surface area contributed by atoms with Gasteiger partial charge in [-0.3, -0.25) is 0 Å². The summed E-state index contributed by atoms with van der Waals surface area (Å²) < 4.78 is 27.0. The summed E-state index contributed by atoms with van der Waals surface area (Å²) in [5, 5.41) is 9.05. The van der Waals surface area contributed by atoms with Gasteiger partial charge in [0.2, 0.25) is 10.0 Å². The van der Waals surface area contributed by atoms with E-state index in [-0.39, 0.29) is 14.9 Å². The first kappa shape index (κ1) is 18.0. The maximum absolute atomic E-state index is 12.8. The molecule has 0 bridgehead atoms. The first-order valence-corrected chi connectivity index (χ1v) is 9.68. The minimum Gasteiger partial charge on any atom is -0.368 e. The van der Waals surface area contributed by atoms with Gasteiger partial charge in [-0.05, 0) is 24.3 Å². The zero-order valence-corrected chi connectivity index (χ0v) is 15.4. The third kappa shape index (κ3) is 3.58. The van der Waals surface area contributed by atoms with E-state index >= 15 is 0 Å². The zero-order chi connectivity index (χ0) is 18.0. The molecule has 1 aliphatic rings. The van der Waals surface area contributed by atoms with Crippen molar-refractivity contribution in [3.63, 3.8) is 0 Å². The predicted octanol–water partition coefficient (Wildman–Crippen LogP) is 2.77. The number of hydrogen-bond donors (Lipinski definition) is 0. The highest BCUT2D eigenvalue weighted by Crippen LogP contribution is 2.31. The van der Waals surface area contributed by atoms with Crippen LogP contribution in [0.15, 0.2) is 41.4 Å². The van der Waals surface area contributed by atoms with E-state index in [2.05, 4.69) is 4.98 Å². The minimum atomic E-state index is -3.70. The molecule has 1 aromatic heterocycles. The Hall–Kier alpha value is -1.85. The number of anilines is 1. The van der Waals surface area contributed by atoms with Crippen molar-refractivity contribution >= 4 is 38.9 Å². The normalized spacial score (nSPS) is 15.8. The van der Waals surface area contributed by atoms with Gasteiger partial charge in [-0.15, -0.1) is 0 Å². The van der Waals surface area contributed by atoms with Crippen LogP contribution in [0.3, 0.4) is 0 Å². The highest BCUT2D eigenvalue weighted by atomic mass is 35.5. The van der Waals surface area contributed by atoms with Gasteiger partial charge in [-0.1, -0.05) is 29.3 Å². The highest BCUT2D eigenvalue weighted by molar-refractivity contribution is 7.89. The Kier molecular flexibility index (Phi) is 5.16. The lowest BCUT2D eigenvalue weighted by molar-refractivity contribution is 0.385. The Morgan fingerprint density at radius 3 is 2.40 bits per heavy atom. The molecule has 0 spiro atoms. The van der Waals surface area contributed by atoms with E-state index in [1.165, 1.54) is 10.4 Å². The molecule has 0 aliphatic carbocycles. The van der Waals surface area contributed by atoms with Crippen molar-refractivity contribution in [3.05, 3.63) is 52.3 Å². The van der Waals surface area contributed by atoms with E-state index in [1.807, 2.05) is 17.0 Å². The van der Waals surface area contributed by atoms with Crippen molar-refractivity contribution in [2.75, 3.05) is 31.1 Å². The minimum absolute atomic E-state index is 0.0233. The molecule has 0 saturated carbocycles. The summed E-state index contributed by atoms with van der Waals surface area (Å²) in [4.78, 5) is 6.09. The van der Waals surface area contributed by atoms with E-state index in [9.17, 15) is 8.42 Å². The van der Waals surface area contributed by atoms with E-state index in [0.717, 1.165) is 5.69 Å². The number of pyridine rings is 1. The third-order valence-corrected chi connectivity index (χ3v) is 6.87. The second-order valence-electron chi connectivity index (χ2n) is 5.46. The molecule has 0 amide bonds. The molecule has 3 rings (SSSR count). The van der Waals surface area contributed by atoms with E-state index in [4.69, 9.17) is 28.5 Å². The third-order valence-electron chi connectivity index (χ3n) is 4.00. The van der Waals surface area contributed by atoms with Crippen molar-refractivity contribution in [2.45, 2.75) is 4.90 Å². The fourth-order valence-electron chi connectivity index (χ4n) is 2.65. The summed E-state index contributed by atoms with van der Waals surface area (Å²) in [6.45, 7) is 1.69. The summed E-state index contributed by atoms with van der Waals surface area (Å²) >= 11 is 12.0. The molecule has 1 aliphatic heterocycles. The van der Waals surface area contributed by atoms with Gasteiger partial charge in [0.25, 0.3) is 0 Å². The van der Waals surface area contributed by atoms with Gasteiger partial charge in [0.05, 0.1) is 21.9 Å². The first-order chi connectivity index (χ1) is 11.9. The van der Waals surface area contributed by atoms with Crippen LogP contribution in [0.2, 0.25) is 10.0 Å². The van der Waals surface area contributed by atoms with Gasteiger partial charge < -0.3 is 4.90 Å². The molecule has 0 N–H and O–H groups in total. The van der Waals surface area contributed by atoms with Gasteiger partial charge in [0, 0.05) is 26.2 Å². The standard InChI is InChI=1S/C16H14Cl2N4O2S/c17-14-2-1-3-15(16(14)18)25(23,24)22-8-6-21(7-9-22)13-5-4-12(10-19)20-11-13/h1-5,11H,6-9H2. The van der Waals surface area contributed by atoms with Crippen LogP contribution in [0, 0.1) is 11.3 Å². The fraction of sp³-hybridized carbons (Fsp3) is 0.250. The van der Waals surface area contributed by atoms with Gasteiger partial charge in [-0.25, -0.2) is 13.4 Å². The van der Waals surface area contributed by atoms with E-state index in [0.29, 0.717) is 31.9 Å². The van der Waals surface area contributed by atoms with Gasteiger partial charge >= 0.3 is 0 Å². The second-order valence-corrected chi connectivity index (χ2v) is 8.15. The molecule has 1 aromatic carbocycles. The predicted molar refractivity (Wildman–Crippen MR) is 96.4 cm³/mol. The van der Waals surface area contributed by atoms with Crippen LogP contribution < -0.4 is 4.90 Å². The number of nitrogens with zero attached hydrogens (tertiary/aromatic N) is 4. The maximum Gasteiger partial charge on any atom is 0.244 e. The van der Waals surface area contributed by atoms with Crippen LogP contribution in [0.4, 0.5) is 5.69 Å². The SMILES string of the molecule is N#Cc1ccc(N2CCN(S(=O)(=O)c3cccc(Cl)c3Cl)CC2)cn1. The number of nitriles is 1. The number of rotatable bonds is 3. The van der Waals surface area contributed by atoms with Crippen LogP contribution >= 0.6 is 23.2 Å². The van der Waals surface area contributed by atoms with Crippen molar-refractivity contribution in [1.82, 2.24) is 9.29 Å². The number of hydrogen-bond acceptors (Lipinski definition) is 5. The van der Waals surface area contributed by atoms with Crippen LogP contribution in [0.1, 0.15) is 5.69 Å². The Balaban J connectivity index is 1.75. The summed E-state index contributed by atoms with van der Waals surface area (Å²) in [6, 6.07) is 10.0. The second kappa shape index (κ2) is 7.18. The lowest BCUT2D eigenvalue weighted by Gasteiger charge is -2.35. The average molecular weight is 397 g/mol. The molecule has 0 radical (unpaired) electrons. The van der Waals surface area contributed by atoms with Crippen molar-refractivity contribution in [1.29, 1.82) is 5.26 Å². The summed E-state index contributed by atoms with van der Waals surface area (Å²) in [5.41, 5.74) is 1.21. The summed E-state index contributed by atoms with van der Waals surface area (Å²) in [5.74, 6) is 0. The van der Waals surface area contributed by atoms with Crippen molar-refractivity contribution in [2.24, 2.45) is 0 Å². The molecule has 0 unspecified atom stereocenters. The fourth-order valence-corrected chi connectivity index (χ4v) is 4.81. The number of halogens is 2. The molecule has 6 nitrogen and oxygen atoms in total. The zero-order valence-electron chi connectivity index (χ0n) is 13.1. The number of benzene rings is 1. The molecule has 2 aromatic rings.